The van der Waals surface area contributed by atoms with Gasteiger partial charge in [-0.1, -0.05) is 48.7 Å². The highest BCUT2D eigenvalue weighted by atomic mass is 28.3. The van der Waals surface area contributed by atoms with Crippen LogP contribution in [0.3, 0.4) is 0 Å². The minimum absolute atomic E-state index is 0.442. The molecule has 0 spiro atoms. The number of rotatable bonds is 2. The van der Waals surface area contributed by atoms with Crippen LogP contribution in [0, 0.1) is 13.8 Å². The summed E-state index contributed by atoms with van der Waals surface area (Å²) < 4.78 is 0. The molecule has 15 heavy (non-hydrogen) atoms. The molecule has 77 valence electrons. The van der Waals surface area contributed by atoms with E-state index in [0.717, 1.165) is 0 Å². The van der Waals surface area contributed by atoms with E-state index in [4.69, 9.17) is 0 Å². The van der Waals surface area contributed by atoms with Crippen LogP contribution in [-0.4, -0.2) is 8.80 Å². The first-order chi connectivity index (χ1) is 7.20. The SMILES string of the molecule is Cc1cccc(C(C)[Si]2C=CC=C2)c1C. The second-order valence-corrected chi connectivity index (χ2v) is 6.76. The Morgan fingerprint density at radius 1 is 1.07 bits per heavy atom. The summed E-state index contributed by atoms with van der Waals surface area (Å²) in [4.78, 5) is 0. The summed E-state index contributed by atoms with van der Waals surface area (Å²) in [7, 11) is -0.442. The van der Waals surface area contributed by atoms with Gasteiger partial charge in [0, 0.05) is 0 Å². The average Bonchev–Trinajstić information content (AvgIpc) is 2.74. The van der Waals surface area contributed by atoms with Crippen molar-refractivity contribution in [3.8, 4) is 0 Å². The van der Waals surface area contributed by atoms with Gasteiger partial charge in [0.15, 0.2) is 0 Å². The van der Waals surface area contributed by atoms with Gasteiger partial charge in [-0.15, -0.1) is 0 Å². The van der Waals surface area contributed by atoms with E-state index in [1.54, 1.807) is 0 Å². The summed E-state index contributed by atoms with van der Waals surface area (Å²) in [5.74, 6) is 0. The van der Waals surface area contributed by atoms with Gasteiger partial charge < -0.3 is 0 Å². The lowest BCUT2D eigenvalue weighted by Gasteiger charge is -2.18. The average molecular weight is 213 g/mol. The van der Waals surface area contributed by atoms with Gasteiger partial charge in [-0.25, -0.2) is 0 Å². The normalized spacial score (nSPS) is 17.3. The first-order valence-electron chi connectivity index (χ1n) is 5.48. The molecule has 0 saturated carbocycles. The van der Waals surface area contributed by atoms with Crippen LogP contribution in [0.2, 0.25) is 0 Å². The second kappa shape index (κ2) is 4.19. The Labute approximate surface area is 93.9 Å². The van der Waals surface area contributed by atoms with Crippen LogP contribution in [0.15, 0.2) is 41.7 Å². The van der Waals surface area contributed by atoms with Crippen molar-refractivity contribution >= 4 is 8.80 Å². The van der Waals surface area contributed by atoms with E-state index < -0.39 is 8.80 Å². The lowest BCUT2D eigenvalue weighted by atomic mass is 10.0. The van der Waals surface area contributed by atoms with E-state index in [2.05, 4.69) is 62.5 Å². The van der Waals surface area contributed by atoms with Crippen LogP contribution in [0.1, 0.15) is 29.2 Å². The molecule has 1 atom stereocenters. The predicted octanol–water partition coefficient (Wildman–Crippen LogP) is 3.65. The van der Waals surface area contributed by atoms with Crippen molar-refractivity contribution in [2.24, 2.45) is 0 Å². The van der Waals surface area contributed by atoms with Crippen molar-refractivity contribution in [2.75, 3.05) is 0 Å². The predicted molar refractivity (Wildman–Crippen MR) is 68.4 cm³/mol. The van der Waals surface area contributed by atoms with Gasteiger partial charge in [-0.2, -0.15) is 0 Å². The Hall–Kier alpha value is -1.08. The molecule has 0 nitrogen and oxygen atoms in total. The van der Waals surface area contributed by atoms with E-state index in [1.165, 1.54) is 16.7 Å². The topological polar surface area (TPSA) is 0 Å². The van der Waals surface area contributed by atoms with Crippen LogP contribution in [0.4, 0.5) is 0 Å². The molecule has 1 aliphatic heterocycles. The highest BCUT2D eigenvalue weighted by molar-refractivity contribution is 6.71. The molecule has 0 bridgehead atoms. The van der Waals surface area contributed by atoms with Crippen molar-refractivity contribution in [1.82, 2.24) is 0 Å². The lowest BCUT2D eigenvalue weighted by Crippen LogP contribution is -2.16. The molecule has 1 heterocycles. The summed E-state index contributed by atoms with van der Waals surface area (Å²) in [5, 5.41) is 0. The van der Waals surface area contributed by atoms with Crippen LogP contribution in [0.25, 0.3) is 0 Å². The monoisotopic (exact) mass is 213 g/mol. The first-order valence-corrected chi connectivity index (χ1v) is 7.21. The van der Waals surface area contributed by atoms with E-state index in [9.17, 15) is 0 Å². The third kappa shape index (κ3) is 1.98. The van der Waals surface area contributed by atoms with Crippen LogP contribution >= 0.6 is 0 Å². The van der Waals surface area contributed by atoms with Gasteiger partial charge in [0.1, 0.15) is 8.80 Å². The number of hydrogen-bond acceptors (Lipinski definition) is 0. The van der Waals surface area contributed by atoms with Crippen LogP contribution in [-0.2, 0) is 0 Å². The number of hydrogen-bond donors (Lipinski definition) is 0. The standard InChI is InChI=1S/C14H17Si/c1-11-7-6-8-14(12(11)2)13(3)15-9-4-5-10-15/h4-10,13H,1-3H3. The van der Waals surface area contributed by atoms with Gasteiger partial charge in [0.25, 0.3) is 0 Å². The summed E-state index contributed by atoms with van der Waals surface area (Å²) in [6, 6.07) is 6.66. The maximum Gasteiger partial charge on any atom is 0.111 e. The van der Waals surface area contributed by atoms with Gasteiger partial charge in [0.05, 0.1) is 0 Å². The molecular weight excluding hydrogens is 196 g/mol. The number of allylic oxidation sites excluding steroid dienone is 2. The molecular formula is C14H17Si. The van der Waals surface area contributed by atoms with Crippen molar-refractivity contribution in [2.45, 2.75) is 26.3 Å². The van der Waals surface area contributed by atoms with E-state index >= 15 is 0 Å². The summed E-state index contributed by atoms with van der Waals surface area (Å²) in [6.07, 6.45) is 4.38. The molecule has 0 amide bonds. The summed E-state index contributed by atoms with van der Waals surface area (Å²) in [6.45, 7) is 6.80. The Kier molecular flexibility index (Phi) is 2.92. The Bertz CT molecular complexity index is 403. The van der Waals surface area contributed by atoms with Gasteiger partial charge in [-0.3, -0.25) is 0 Å². The second-order valence-electron chi connectivity index (χ2n) is 4.23. The van der Waals surface area contributed by atoms with Gasteiger partial charge in [0.2, 0.25) is 0 Å². The molecule has 1 radical (unpaired) electrons. The molecule has 0 aromatic heterocycles. The van der Waals surface area contributed by atoms with Crippen LogP contribution < -0.4 is 0 Å². The molecule has 0 fully saturated rings. The van der Waals surface area contributed by atoms with Crippen molar-refractivity contribution in [3.63, 3.8) is 0 Å². The maximum atomic E-state index is 2.39. The Balaban J connectivity index is 2.32. The largest absolute Gasteiger partial charge is 0.111 e. The number of aryl methyl sites for hydroxylation is 1. The molecule has 1 aromatic carbocycles. The third-order valence-corrected chi connectivity index (χ3v) is 5.77. The van der Waals surface area contributed by atoms with Crippen LogP contribution in [0.5, 0.6) is 0 Å². The van der Waals surface area contributed by atoms with Crippen molar-refractivity contribution in [1.29, 1.82) is 0 Å². The van der Waals surface area contributed by atoms with Crippen molar-refractivity contribution in [3.05, 3.63) is 58.4 Å². The molecule has 0 N–H and O–H groups in total. The fraction of sp³-hybridized carbons (Fsp3) is 0.286. The Morgan fingerprint density at radius 2 is 1.73 bits per heavy atom. The molecule has 2 rings (SSSR count). The fourth-order valence-corrected chi connectivity index (χ4v) is 4.13. The molecule has 0 aliphatic carbocycles. The number of benzene rings is 1. The highest BCUT2D eigenvalue weighted by Crippen LogP contribution is 2.26. The zero-order valence-electron chi connectivity index (χ0n) is 9.62. The molecule has 1 heteroatoms. The van der Waals surface area contributed by atoms with Gasteiger partial charge >= 0.3 is 0 Å². The minimum Gasteiger partial charge on any atom is -0.0915 e. The third-order valence-electron chi connectivity index (χ3n) is 3.30. The zero-order chi connectivity index (χ0) is 10.8. The first kappa shape index (κ1) is 10.4. The molecule has 1 aromatic rings. The zero-order valence-corrected chi connectivity index (χ0v) is 10.6. The smallest absolute Gasteiger partial charge is 0.0915 e. The minimum atomic E-state index is -0.442. The van der Waals surface area contributed by atoms with Gasteiger partial charge in [-0.05, 0) is 36.1 Å². The Morgan fingerprint density at radius 3 is 2.40 bits per heavy atom. The van der Waals surface area contributed by atoms with E-state index in [1.807, 2.05) is 0 Å². The summed E-state index contributed by atoms with van der Waals surface area (Å²) in [5.41, 5.74) is 9.86. The van der Waals surface area contributed by atoms with E-state index in [0.29, 0.717) is 5.54 Å². The van der Waals surface area contributed by atoms with Crippen molar-refractivity contribution < 1.29 is 0 Å². The highest BCUT2D eigenvalue weighted by Gasteiger charge is 2.19. The molecule has 1 unspecified atom stereocenters. The maximum absolute atomic E-state index is 2.39. The lowest BCUT2D eigenvalue weighted by molar-refractivity contribution is 1.03. The molecule has 1 aliphatic rings. The quantitative estimate of drug-likeness (QED) is 0.658. The van der Waals surface area contributed by atoms with E-state index in [-0.39, 0.29) is 0 Å². The summed E-state index contributed by atoms with van der Waals surface area (Å²) >= 11 is 0. The molecule has 0 saturated heterocycles. The fourth-order valence-electron chi connectivity index (χ4n) is 2.10.